The van der Waals surface area contributed by atoms with Crippen LogP contribution in [0.4, 0.5) is 9.59 Å². The van der Waals surface area contributed by atoms with Gasteiger partial charge in [-0.3, -0.25) is 0 Å². The Labute approximate surface area is 283 Å². The number of aromatic nitrogens is 4. The van der Waals surface area contributed by atoms with Crippen LogP contribution >= 0.6 is 0 Å². The second kappa shape index (κ2) is 12.8. The number of nitrogens with zero attached hydrogens (tertiary/aromatic N) is 3. The SMILES string of the molecule is CC(C)(C)OC(=O)NC1CCCC1c1ncc(-c2ccc(C#Cc3ccc4nc([Si]5(C)CCCN5C(=O)OC(C)(C)C)[nH]c4c3)cc2)[nH]1. The first kappa shape index (κ1) is 33.3. The molecule has 2 aromatic heterocycles. The summed E-state index contributed by atoms with van der Waals surface area (Å²) in [6.45, 7) is 14.2. The topological polar surface area (TPSA) is 125 Å². The number of imidazole rings is 2. The van der Waals surface area contributed by atoms with Crippen molar-refractivity contribution in [2.24, 2.45) is 0 Å². The highest BCUT2D eigenvalue weighted by Crippen LogP contribution is 2.34. The molecule has 2 amide bonds. The van der Waals surface area contributed by atoms with Gasteiger partial charge < -0.3 is 29.3 Å². The molecular formula is C37H46N6O4Si. The number of alkyl carbamates (subject to hydrolysis) is 1. The molecule has 1 aliphatic carbocycles. The zero-order valence-electron chi connectivity index (χ0n) is 29.0. The molecule has 6 rings (SSSR count). The number of H-pyrrole nitrogens is 2. The summed E-state index contributed by atoms with van der Waals surface area (Å²) < 4.78 is 13.1. The summed E-state index contributed by atoms with van der Waals surface area (Å²) in [4.78, 5) is 42.0. The second-order valence-corrected chi connectivity index (χ2v) is 19.2. The Morgan fingerprint density at radius 3 is 2.38 bits per heavy atom. The number of rotatable bonds is 4. The van der Waals surface area contributed by atoms with Crippen molar-refractivity contribution < 1.29 is 19.1 Å². The number of amides is 2. The summed E-state index contributed by atoms with van der Waals surface area (Å²) in [5.41, 5.74) is 5.34. The molecule has 0 spiro atoms. The number of aromatic amines is 2. The van der Waals surface area contributed by atoms with E-state index in [1.54, 1.807) is 0 Å². The van der Waals surface area contributed by atoms with Gasteiger partial charge in [-0.25, -0.2) is 19.6 Å². The molecule has 2 fully saturated rings. The van der Waals surface area contributed by atoms with Crippen molar-refractivity contribution in [3.05, 3.63) is 65.6 Å². The van der Waals surface area contributed by atoms with Crippen molar-refractivity contribution in [2.75, 3.05) is 6.54 Å². The molecule has 252 valence electrons. The molecule has 3 atom stereocenters. The van der Waals surface area contributed by atoms with E-state index in [0.29, 0.717) is 6.54 Å². The van der Waals surface area contributed by atoms with Crippen molar-refractivity contribution >= 4 is 36.9 Å². The van der Waals surface area contributed by atoms with Crippen LogP contribution in [-0.2, 0) is 9.47 Å². The molecule has 2 aliphatic rings. The standard InChI is InChI=1S/C37H46N6O4Si/c1-36(2,3)46-34(44)42-28-11-8-10-27(28)32-38-23-31(39-32)26-17-14-24(15-18-26)12-13-25-16-19-29-30(22-25)41-33(40-29)48(7)21-9-20-43(48)35(45)47-37(4,5)6/h14-19,22-23,27-28H,8-11,20-21H2,1-7H3,(H,38,39)(H,40,41)(H,42,44). The van der Waals surface area contributed by atoms with E-state index < -0.39 is 19.4 Å². The van der Waals surface area contributed by atoms with Gasteiger partial charge in [-0.1, -0.05) is 30.4 Å². The number of hydrogen-bond donors (Lipinski definition) is 3. The Morgan fingerprint density at radius 2 is 1.65 bits per heavy atom. The highest BCUT2D eigenvalue weighted by Gasteiger charge is 2.48. The van der Waals surface area contributed by atoms with Crippen LogP contribution in [-0.4, -0.2) is 68.7 Å². The van der Waals surface area contributed by atoms with Crippen LogP contribution in [0.5, 0.6) is 0 Å². The molecule has 1 saturated heterocycles. The Morgan fingerprint density at radius 1 is 0.938 bits per heavy atom. The molecule has 3 N–H and O–H groups in total. The van der Waals surface area contributed by atoms with Crippen LogP contribution < -0.4 is 10.8 Å². The molecular weight excluding hydrogens is 621 g/mol. The normalized spacial score (nSPS) is 21.2. The molecule has 1 aliphatic heterocycles. The fourth-order valence-corrected chi connectivity index (χ4v) is 10.1. The van der Waals surface area contributed by atoms with Gasteiger partial charge in [-0.15, -0.1) is 0 Å². The molecule has 10 nitrogen and oxygen atoms in total. The molecule has 1 saturated carbocycles. The summed E-state index contributed by atoms with van der Waals surface area (Å²) in [7, 11) is -2.36. The van der Waals surface area contributed by atoms with Crippen LogP contribution in [0.1, 0.15) is 90.1 Å². The molecule has 2 aromatic carbocycles. The third-order valence-corrected chi connectivity index (χ3v) is 13.1. The number of hydrogen-bond acceptors (Lipinski definition) is 6. The largest absolute Gasteiger partial charge is 0.444 e. The summed E-state index contributed by atoms with van der Waals surface area (Å²) in [5, 5.41) is 3.05. The molecule has 3 heterocycles. The first-order valence-corrected chi connectivity index (χ1v) is 19.5. The molecule has 0 radical (unpaired) electrons. The van der Waals surface area contributed by atoms with Crippen LogP contribution in [0.15, 0.2) is 48.7 Å². The average molecular weight is 667 g/mol. The van der Waals surface area contributed by atoms with E-state index in [1.165, 1.54) is 0 Å². The number of carbonyl (C=O) groups is 2. The van der Waals surface area contributed by atoms with Gasteiger partial charge in [-0.2, -0.15) is 0 Å². The Kier molecular flexibility index (Phi) is 8.89. The molecule has 48 heavy (non-hydrogen) atoms. The molecule has 0 bridgehead atoms. The van der Waals surface area contributed by atoms with E-state index in [1.807, 2.05) is 94.8 Å². The van der Waals surface area contributed by atoms with Crippen molar-refractivity contribution in [2.45, 2.75) is 103 Å². The lowest BCUT2D eigenvalue weighted by atomic mass is 10.0. The Balaban J connectivity index is 1.12. The van der Waals surface area contributed by atoms with Crippen molar-refractivity contribution in [3.8, 4) is 23.1 Å². The van der Waals surface area contributed by atoms with Crippen molar-refractivity contribution in [1.82, 2.24) is 29.8 Å². The third-order valence-electron chi connectivity index (χ3n) is 8.96. The lowest BCUT2D eigenvalue weighted by molar-refractivity contribution is 0.0388. The molecule has 3 unspecified atom stereocenters. The van der Waals surface area contributed by atoms with Crippen LogP contribution in [0.2, 0.25) is 12.6 Å². The summed E-state index contributed by atoms with van der Waals surface area (Å²) >= 11 is 0. The van der Waals surface area contributed by atoms with Crippen molar-refractivity contribution in [1.29, 1.82) is 0 Å². The number of fused-ring (bicyclic) bond motifs is 1. The van der Waals surface area contributed by atoms with E-state index in [-0.39, 0.29) is 24.1 Å². The number of benzene rings is 2. The minimum absolute atomic E-state index is 0.0103. The monoisotopic (exact) mass is 666 g/mol. The summed E-state index contributed by atoms with van der Waals surface area (Å²) in [6, 6.07) is 15.0. The van der Waals surface area contributed by atoms with Gasteiger partial charge in [0.05, 0.1) is 22.9 Å². The molecule has 11 heteroatoms. The van der Waals surface area contributed by atoms with Gasteiger partial charge in [0.2, 0.25) is 8.24 Å². The predicted octanol–water partition coefficient (Wildman–Crippen LogP) is 6.94. The fourth-order valence-electron chi connectivity index (χ4n) is 6.63. The minimum Gasteiger partial charge on any atom is -0.444 e. The van der Waals surface area contributed by atoms with E-state index in [0.717, 1.165) is 76.4 Å². The van der Waals surface area contributed by atoms with E-state index in [4.69, 9.17) is 14.5 Å². The van der Waals surface area contributed by atoms with Gasteiger partial charge in [-0.05, 0) is 109 Å². The van der Waals surface area contributed by atoms with E-state index in [9.17, 15) is 9.59 Å². The van der Waals surface area contributed by atoms with Gasteiger partial charge in [0.25, 0.3) is 0 Å². The zero-order valence-corrected chi connectivity index (χ0v) is 30.0. The van der Waals surface area contributed by atoms with E-state index >= 15 is 0 Å². The Hall–Kier alpha value is -4.56. The predicted molar refractivity (Wildman–Crippen MR) is 189 cm³/mol. The first-order chi connectivity index (χ1) is 22.7. The highest BCUT2D eigenvalue weighted by molar-refractivity contribution is 6.89. The van der Waals surface area contributed by atoms with Crippen LogP contribution in [0.3, 0.4) is 0 Å². The Bertz CT molecular complexity index is 1870. The maximum Gasteiger partial charge on any atom is 0.407 e. The summed E-state index contributed by atoms with van der Waals surface area (Å²) in [5.74, 6) is 7.58. The summed E-state index contributed by atoms with van der Waals surface area (Å²) in [6.07, 6.45) is 5.05. The fraction of sp³-hybridized carbons (Fsp3) is 0.459. The third kappa shape index (κ3) is 7.44. The maximum absolute atomic E-state index is 13.0. The number of carbonyl (C=O) groups excluding carboxylic acids is 2. The van der Waals surface area contributed by atoms with E-state index in [2.05, 4.69) is 38.7 Å². The van der Waals surface area contributed by atoms with Crippen molar-refractivity contribution in [3.63, 3.8) is 0 Å². The zero-order chi connectivity index (χ0) is 34.3. The highest BCUT2D eigenvalue weighted by atomic mass is 28.3. The minimum atomic E-state index is -2.36. The number of ether oxygens (including phenoxy) is 2. The van der Waals surface area contributed by atoms with Gasteiger partial charge in [0, 0.05) is 29.6 Å². The smallest absolute Gasteiger partial charge is 0.407 e. The lowest BCUT2D eigenvalue weighted by Gasteiger charge is -2.33. The van der Waals surface area contributed by atoms with Gasteiger partial charge >= 0.3 is 12.2 Å². The van der Waals surface area contributed by atoms with Crippen LogP contribution in [0.25, 0.3) is 22.3 Å². The quantitative estimate of drug-likeness (QED) is 0.160. The number of nitrogens with one attached hydrogen (secondary N) is 3. The second-order valence-electron chi connectivity index (χ2n) is 15.1. The molecule has 4 aromatic rings. The van der Waals surface area contributed by atoms with Crippen LogP contribution in [0, 0.1) is 11.8 Å². The van der Waals surface area contributed by atoms with Gasteiger partial charge in [0.1, 0.15) is 22.5 Å². The van der Waals surface area contributed by atoms with Gasteiger partial charge in [0.15, 0.2) is 0 Å². The first-order valence-electron chi connectivity index (χ1n) is 16.8. The maximum atomic E-state index is 13.0. The average Bonchev–Trinajstić information content (AvgIpc) is 3.80. The lowest BCUT2D eigenvalue weighted by Crippen LogP contribution is -2.60.